The number of rotatable bonds is 9. The standard InChI is InChI=1S/C17H17F3O6/c1-11(2)15(22)24-10-12(9-21)8-14(26-17(18,19)20)16(23)25-13-6-4-3-5-7-13/h3-7,9,12,14H,1,8,10H2,2H3. The SMILES string of the molecule is C=C(C)C(=O)OCC(C=O)CC(OC(F)(F)F)C(=O)Oc1ccccc1. The Morgan fingerprint density at radius 1 is 1.23 bits per heavy atom. The van der Waals surface area contributed by atoms with Gasteiger partial charge >= 0.3 is 18.3 Å². The van der Waals surface area contributed by atoms with Gasteiger partial charge in [0.2, 0.25) is 0 Å². The number of hydrogen-bond acceptors (Lipinski definition) is 6. The van der Waals surface area contributed by atoms with E-state index in [1.807, 2.05) is 0 Å². The molecule has 1 aromatic rings. The molecule has 0 spiro atoms. The maximum absolute atomic E-state index is 12.6. The van der Waals surface area contributed by atoms with Gasteiger partial charge in [0.15, 0.2) is 6.10 Å². The van der Waals surface area contributed by atoms with Crippen LogP contribution in [-0.4, -0.2) is 37.3 Å². The molecule has 6 nitrogen and oxygen atoms in total. The van der Waals surface area contributed by atoms with Gasteiger partial charge < -0.3 is 14.3 Å². The lowest BCUT2D eigenvalue weighted by Crippen LogP contribution is -2.37. The monoisotopic (exact) mass is 374 g/mol. The molecule has 0 amide bonds. The molecule has 26 heavy (non-hydrogen) atoms. The number of carbonyl (C=O) groups excluding carboxylic acids is 3. The van der Waals surface area contributed by atoms with E-state index in [9.17, 15) is 27.6 Å². The highest BCUT2D eigenvalue weighted by atomic mass is 19.4. The fraction of sp³-hybridized carbons (Fsp3) is 0.353. The van der Waals surface area contributed by atoms with Crippen molar-refractivity contribution in [2.45, 2.75) is 25.8 Å². The molecule has 0 fully saturated rings. The van der Waals surface area contributed by atoms with Crippen LogP contribution >= 0.6 is 0 Å². The minimum atomic E-state index is -5.12. The second-order valence-corrected chi connectivity index (χ2v) is 5.30. The summed E-state index contributed by atoms with van der Waals surface area (Å²) < 4.78 is 51.0. The third kappa shape index (κ3) is 7.93. The molecule has 2 unspecified atom stereocenters. The molecule has 0 radical (unpaired) electrons. The molecule has 9 heteroatoms. The second kappa shape index (κ2) is 9.71. The molecule has 0 saturated carbocycles. The summed E-state index contributed by atoms with van der Waals surface area (Å²) in [6, 6.07) is 7.41. The van der Waals surface area contributed by atoms with Crippen molar-refractivity contribution in [3.05, 3.63) is 42.5 Å². The van der Waals surface area contributed by atoms with Crippen molar-refractivity contribution in [2.24, 2.45) is 5.92 Å². The van der Waals surface area contributed by atoms with E-state index in [1.54, 1.807) is 6.07 Å². The summed E-state index contributed by atoms with van der Waals surface area (Å²) in [6.45, 7) is 4.18. The van der Waals surface area contributed by atoms with Crippen LogP contribution in [-0.2, 0) is 23.9 Å². The number of ether oxygens (including phenoxy) is 3. The Morgan fingerprint density at radius 2 is 1.85 bits per heavy atom. The quantitative estimate of drug-likeness (QED) is 0.286. The Kier molecular flexibility index (Phi) is 7.98. The van der Waals surface area contributed by atoms with Gasteiger partial charge in [-0.15, -0.1) is 13.2 Å². The molecule has 0 aliphatic rings. The highest BCUT2D eigenvalue weighted by molar-refractivity contribution is 5.87. The molecular formula is C17H17F3O6. The van der Waals surface area contributed by atoms with Gasteiger partial charge in [0, 0.05) is 5.57 Å². The Morgan fingerprint density at radius 3 is 2.35 bits per heavy atom. The molecule has 0 N–H and O–H groups in total. The summed E-state index contributed by atoms with van der Waals surface area (Å²) in [5, 5.41) is 0. The van der Waals surface area contributed by atoms with E-state index in [2.05, 4.69) is 11.3 Å². The van der Waals surface area contributed by atoms with Crippen LogP contribution in [0, 0.1) is 5.92 Å². The largest absolute Gasteiger partial charge is 0.523 e. The van der Waals surface area contributed by atoms with Gasteiger partial charge in [-0.05, 0) is 25.5 Å². The lowest BCUT2D eigenvalue weighted by Gasteiger charge is -2.20. The molecule has 2 atom stereocenters. The van der Waals surface area contributed by atoms with Crippen molar-refractivity contribution in [1.29, 1.82) is 0 Å². The number of aldehydes is 1. The van der Waals surface area contributed by atoms with Crippen molar-refractivity contribution in [1.82, 2.24) is 0 Å². The van der Waals surface area contributed by atoms with Crippen molar-refractivity contribution in [3.63, 3.8) is 0 Å². The Hall–Kier alpha value is -2.68. The van der Waals surface area contributed by atoms with Crippen LogP contribution in [0.4, 0.5) is 13.2 Å². The van der Waals surface area contributed by atoms with E-state index in [-0.39, 0.29) is 17.6 Å². The zero-order valence-corrected chi connectivity index (χ0v) is 13.8. The van der Waals surface area contributed by atoms with E-state index in [1.165, 1.54) is 31.2 Å². The van der Waals surface area contributed by atoms with Crippen molar-refractivity contribution in [3.8, 4) is 5.75 Å². The predicted molar refractivity (Wildman–Crippen MR) is 82.9 cm³/mol. The van der Waals surface area contributed by atoms with E-state index < -0.39 is 43.4 Å². The van der Waals surface area contributed by atoms with E-state index in [4.69, 9.17) is 9.47 Å². The summed E-state index contributed by atoms with van der Waals surface area (Å²) in [7, 11) is 0. The number of alkyl halides is 3. The average Bonchev–Trinajstić information content (AvgIpc) is 2.56. The van der Waals surface area contributed by atoms with Crippen molar-refractivity contribution in [2.75, 3.05) is 6.61 Å². The minimum Gasteiger partial charge on any atom is -0.462 e. The molecule has 0 bridgehead atoms. The van der Waals surface area contributed by atoms with Crippen LogP contribution in [0.2, 0.25) is 0 Å². The van der Waals surface area contributed by atoms with Crippen LogP contribution < -0.4 is 4.74 Å². The third-order valence-electron chi connectivity index (χ3n) is 2.99. The second-order valence-electron chi connectivity index (χ2n) is 5.30. The maximum atomic E-state index is 12.6. The summed E-state index contributed by atoms with van der Waals surface area (Å²) >= 11 is 0. The zero-order valence-electron chi connectivity index (χ0n) is 13.8. The topological polar surface area (TPSA) is 78.9 Å². The van der Waals surface area contributed by atoms with Gasteiger partial charge in [0.1, 0.15) is 18.6 Å². The molecule has 0 heterocycles. The lowest BCUT2D eigenvalue weighted by molar-refractivity contribution is -0.340. The first-order valence-electron chi connectivity index (χ1n) is 7.41. The van der Waals surface area contributed by atoms with Gasteiger partial charge in [-0.1, -0.05) is 24.8 Å². The van der Waals surface area contributed by atoms with Crippen LogP contribution in [0.5, 0.6) is 5.75 Å². The third-order valence-corrected chi connectivity index (χ3v) is 2.99. The highest BCUT2D eigenvalue weighted by Crippen LogP contribution is 2.24. The normalized spacial score (nSPS) is 13.4. The number of benzene rings is 1. The van der Waals surface area contributed by atoms with Crippen molar-refractivity contribution < 1.29 is 41.8 Å². The molecular weight excluding hydrogens is 357 g/mol. The maximum Gasteiger partial charge on any atom is 0.523 e. The van der Waals surface area contributed by atoms with Gasteiger partial charge in [-0.3, -0.25) is 4.74 Å². The van der Waals surface area contributed by atoms with E-state index >= 15 is 0 Å². The van der Waals surface area contributed by atoms with Crippen LogP contribution in [0.1, 0.15) is 13.3 Å². The molecule has 1 aromatic carbocycles. The minimum absolute atomic E-state index is 0.0182. The summed E-state index contributed by atoms with van der Waals surface area (Å²) in [4.78, 5) is 34.4. The van der Waals surface area contributed by atoms with E-state index in [0.717, 1.165) is 0 Å². The number of esters is 2. The molecule has 0 aromatic heterocycles. The summed E-state index contributed by atoms with van der Waals surface area (Å²) in [6.07, 6.45) is -7.64. The predicted octanol–water partition coefficient (Wildman–Crippen LogP) is 2.82. The molecule has 1 rings (SSSR count). The zero-order chi connectivity index (χ0) is 19.7. The first kappa shape index (κ1) is 21.4. The van der Waals surface area contributed by atoms with Gasteiger partial charge in [-0.2, -0.15) is 0 Å². The smallest absolute Gasteiger partial charge is 0.462 e. The number of halogens is 3. The first-order valence-corrected chi connectivity index (χ1v) is 7.41. The Balaban J connectivity index is 2.80. The fourth-order valence-corrected chi connectivity index (χ4v) is 1.77. The first-order chi connectivity index (χ1) is 12.1. The number of para-hydroxylation sites is 1. The van der Waals surface area contributed by atoms with Crippen molar-refractivity contribution >= 4 is 18.2 Å². The van der Waals surface area contributed by atoms with E-state index in [0.29, 0.717) is 0 Å². The molecule has 0 aliphatic heterocycles. The van der Waals surface area contributed by atoms with Gasteiger partial charge in [0.25, 0.3) is 0 Å². The molecule has 0 saturated heterocycles. The average molecular weight is 374 g/mol. The lowest BCUT2D eigenvalue weighted by atomic mass is 10.0. The number of carbonyl (C=O) groups is 3. The van der Waals surface area contributed by atoms with Gasteiger partial charge in [0.05, 0.1) is 5.92 Å². The Labute approximate surface area is 147 Å². The summed E-state index contributed by atoms with van der Waals surface area (Å²) in [5.74, 6) is -3.32. The molecule has 0 aliphatic carbocycles. The highest BCUT2D eigenvalue weighted by Gasteiger charge is 2.39. The fourth-order valence-electron chi connectivity index (χ4n) is 1.77. The van der Waals surface area contributed by atoms with Gasteiger partial charge in [-0.25, -0.2) is 9.59 Å². The Bertz CT molecular complexity index is 642. The summed E-state index contributed by atoms with van der Waals surface area (Å²) in [5.41, 5.74) is 0.0567. The number of hydrogen-bond donors (Lipinski definition) is 0. The van der Waals surface area contributed by atoms with Crippen LogP contribution in [0.25, 0.3) is 0 Å². The van der Waals surface area contributed by atoms with Crippen LogP contribution in [0.3, 0.4) is 0 Å². The van der Waals surface area contributed by atoms with Crippen LogP contribution in [0.15, 0.2) is 42.5 Å². The molecule has 142 valence electrons.